The molecule has 0 N–H and O–H groups in total. The summed E-state index contributed by atoms with van der Waals surface area (Å²) in [5.41, 5.74) is 12.1. The number of hydrogen-bond donors (Lipinski definition) is 0. The Morgan fingerprint density at radius 2 is 1.00 bits per heavy atom. The van der Waals surface area contributed by atoms with Gasteiger partial charge in [0.05, 0.1) is 12.3 Å². The molecule has 1 aliphatic rings. The molecule has 0 aliphatic carbocycles. The van der Waals surface area contributed by atoms with Crippen LogP contribution in [0.15, 0.2) is 187 Å². The summed E-state index contributed by atoms with van der Waals surface area (Å²) in [7, 11) is 0. The van der Waals surface area contributed by atoms with Gasteiger partial charge in [-0.1, -0.05) is 170 Å². The molecule has 236 valence electrons. The maximum absolute atomic E-state index is 5.08. The lowest BCUT2D eigenvalue weighted by atomic mass is 9.84. The number of fused-ring (bicyclic) bond motifs is 4. The van der Waals surface area contributed by atoms with Crippen molar-refractivity contribution in [1.82, 2.24) is 0 Å². The van der Waals surface area contributed by atoms with E-state index in [1.807, 2.05) is 0 Å². The molecule has 0 unspecified atom stereocenters. The molecule has 8 aromatic carbocycles. The van der Waals surface area contributed by atoms with E-state index < -0.39 is 0 Å². The van der Waals surface area contributed by atoms with Gasteiger partial charge in [-0.3, -0.25) is 4.99 Å². The zero-order valence-corrected chi connectivity index (χ0v) is 27.8. The molecule has 0 amide bonds. The predicted molar refractivity (Wildman–Crippen MR) is 215 cm³/mol. The summed E-state index contributed by atoms with van der Waals surface area (Å²) >= 11 is 0. The molecule has 0 fully saturated rings. The lowest BCUT2D eigenvalue weighted by Gasteiger charge is -2.19. The van der Waals surface area contributed by atoms with E-state index >= 15 is 0 Å². The van der Waals surface area contributed by atoms with Crippen LogP contribution >= 0.6 is 0 Å². The Balaban J connectivity index is 1.25. The SMILES string of the molecule is C1=C\c2ccccc2C/C(c2cccc(-c3c4ccccc4c(-c4ccc5ccccc5c4)c4ccccc34)c2)=C\C(c2ccccc2)=N/C/1. The van der Waals surface area contributed by atoms with Gasteiger partial charge in [0.15, 0.2) is 0 Å². The lowest BCUT2D eigenvalue weighted by Crippen LogP contribution is -2.03. The van der Waals surface area contributed by atoms with Crippen molar-refractivity contribution in [2.75, 3.05) is 6.54 Å². The zero-order valence-electron chi connectivity index (χ0n) is 27.8. The molecule has 0 saturated carbocycles. The first kappa shape index (κ1) is 29.8. The van der Waals surface area contributed by atoms with Gasteiger partial charge in [-0.25, -0.2) is 0 Å². The molecule has 9 rings (SSSR count). The van der Waals surface area contributed by atoms with E-state index in [1.54, 1.807) is 0 Å². The molecule has 0 aromatic heterocycles. The molecular formula is C49H35N. The smallest absolute Gasteiger partial charge is 0.0653 e. The highest BCUT2D eigenvalue weighted by Gasteiger charge is 2.18. The van der Waals surface area contributed by atoms with E-state index in [-0.39, 0.29) is 0 Å². The highest BCUT2D eigenvalue weighted by Crippen LogP contribution is 2.44. The Labute approximate surface area is 293 Å². The van der Waals surface area contributed by atoms with E-state index in [0.29, 0.717) is 6.54 Å². The van der Waals surface area contributed by atoms with Gasteiger partial charge in [-0.05, 0) is 107 Å². The van der Waals surface area contributed by atoms with Crippen molar-refractivity contribution in [3.8, 4) is 22.3 Å². The Kier molecular flexibility index (Phi) is 7.72. The number of allylic oxidation sites excluding steroid dienone is 2. The fourth-order valence-electron chi connectivity index (χ4n) is 7.59. The Hall–Kier alpha value is -6.31. The first-order valence-electron chi connectivity index (χ1n) is 17.4. The van der Waals surface area contributed by atoms with E-state index in [2.05, 4.69) is 188 Å². The fourth-order valence-corrected chi connectivity index (χ4v) is 7.59. The van der Waals surface area contributed by atoms with Crippen molar-refractivity contribution in [3.63, 3.8) is 0 Å². The van der Waals surface area contributed by atoms with E-state index in [9.17, 15) is 0 Å². The van der Waals surface area contributed by atoms with Gasteiger partial charge in [-0.15, -0.1) is 0 Å². The van der Waals surface area contributed by atoms with Crippen LogP contribution in [0.1, 0.15) is 22.3 Å². The van der Waals surface area contributed by atoms with Crippen molar-refractivity contribution in [2.45, 2.75) is 6.42 Å². The second-order valence-corrected chi connectivity index (χ2v) is 13.0. The summed E-state index contributed by atoms with van der Waals surface area (Å²) < 4.78 is 0. The van der Waals surface area contributed by atoms with Crippen LogP contribution in [-0.2, 0) is 6.42 Å². The van der Waals surface area contributed by atoms with Gasteiger partial charge in [0.1, 0.15) is 0 Å². The maximum Gasteiger partial charge on any atom is 0.0653 e. The third-order valence-corrected chi connectivity index (χ3v) is 9.97. The Morgan fingerprint density at radius 1 is 0.420 bits per heavy atom. The highest BCUT2D eigenvalue weighted by atomic mass is 14.7. The van der Waals surface area contributed by atoms with E-state index in [4.69, 9.17) is 4.99 Å². The van der Waals surface area contributed by atoms with Gasteiger partial charge >= 0.3 is 0 Å². The third-order valence-electron chi connectivity index (χ3n) is 9.97. The Bertz CT molecular complexity index is 2580. The summed E-state index contributed by atoms with van der Waals surface area (Å²) in [4.78, 5) is 5.08. The van der Waals surface area contributed by atoms with Gasteiger partial charge < -0.3 is 0 Å². The fraction of sp³-hybridized carbons (Fsp3) is 0.0408. The largest absolute Gasteiger partial charge is 0.281 e. The summed E-state index contributed by atoms with van der Waals surface area (Å²) in [5, 5.41) is 7.55. The lowest BCUT2D eigenvalue weighted by molar-refractivity contribution is 1.23. The standard InChI is InChI=1S/C49H35N/c1-2-16-36(17-3-1)47-33-42(32-38-19-6-4-14-34(38)22-13-29-50-47)39-20-12-21-40(31-39)48-43-23-8-10-25-45(43)49(46-26-11-9-24-44(46)48)41-28-27-35-15-5-7-18-37(35)30-41/h1-28,30-31,33H,29,32H2/b22-13-,42-33+,50-47+. The number of hydrogen-bond acceptors (Lipinski definition) is 1. The molecule has 0 saturated heterocycles. The zero-order chi connectivity index (χ0) is 33.3. The van der Waals surface area contributed by atoms with Crippen LogP contribution in [0.5, 0.6) is 0 Å². The van der Waals surface area contributed by atoms with Crippen molar-refractivity contribution in [3.05, 3.63) is 204 Å². The average molecular weight is 638 g/mol. The Morgan fingerprint density at radius 3 is 1.74 bits per heavy atom. The molecule has 8 aromatic rings. The molecule has 0 radical (unpaired) electrons. The molecule has 50 heavy (non-hydrogen) atoms. The minimum atomic E-state index is 0.629. The molecule has 1 nitrogen and oxygen atoms in total. The van der Waals surface area contributed by atoms with Crippen LogP contribution in [0.25, 0.3) is 66.2 Å². The quantitative estimate of drug-likeness (QED) is 0.170. The summed E-state index contributed by atoms with van der Waals surface area (Å²) in [6.07, 6.45) is 7.50. The van der Waals surface area contributed by atoms with Crippen molar-refractivity contribution < 1.29 is 0 Å². The highest BCUT2D eigenvalue weighted by molar-refractivity contribution is 6.22. The number of rotatable bonds is 4. The molecule has 0 bridgehead atoms. The predicted octanol–water partition coefficient (Wildman–Crippen LogP) is 12.6. The minimum absolute atomic E-state index is 0.629. The second-order valence-electron chi connectivity index (χ2n) is 13.0. The summed E-state index contributed by atoms with van der Waals surface area (Å²) in [5.74, 6) is 0. The maximum atomic E-state index is 5.08. The number of nitrogens with zero attached hydrogens (tertiary/aromatic N) is 1. The van der Waals surface area contributed by atoms with Gasteiger partial charge in [-0.2, -0.15) is 0 Å². The van der Waals surface area contributed by atoms with Crippen LogP contribution in [0, 0.1) is 0 Å². The summed E-state index contributed by atoms with van der Waals surface area (Å²) in [6, 6.07) is 61.8. The molecule has 0 atom stereocenters. The van der Waals surface area contributed by atoms with Gasteiger partial charge in [0.25, 0.3) is 0 Å². The van der Waals surface area contributed by atoms with Crippen molar-refractivity contribution >= 4 is 49.7 Å². The average Bonchev–Trinajstić information content (AvgIpc) is 3.18. The number of benzene rings is 8. The minimum Gasteiger partial charge on any atom is -0.281 e. The summed E-state index contributed by atoms with van der Waals surface area (Å²) in [6.45, 7) is 0.629. The van der Waals surface area contributed by atoms with Gasteiger partial charge in [0.2, 0.25) is 0 Å². The van der Waals surface area contributed by atoms with Gasteiger partial charge in [0, 0.05) is 0 Å². The molecule has 1 aliphatic heterocycles. The first-order valence-corrected chi connectivity index (χ1v) is 17.4. The molecule has 1 heterocycles. The third kappa shape index (κ3) is 5.53. The first-order chi connectivity index (χ1) is 24.8. The molecule has 0 spiro atoms. The van der Waals surface area contributed by atoms with Crippen LogP contribution in [-0.4, -0.2) is 12.3 Å². The topological polar surface area (TPSA) is 12.4 Å². The van der Waals surface area contributed by atoms with Crippen molar-refractivity contribution in [1.29, 1.82) is 0 Å². The van der Waals surface area contributed by atoms with Crippen LogP contribution in [0.3, 0.4) is 0 Å². The monoisotopic (exact) mass is 637 g/mol. The number of aliphatic imine (C=N–C) groups is 1. The van der Waals surface area contributed by atoms with Crippen LogP contribution in [0.2, 0.25) is 0 Å². The normalized spacial score (nSPS) is 15.9. The molecule has 1 heteroatoms. The molecular weight excluding hydrogens is 603 g/mol. The van der Waals surface area contributed by atoms with Crippen LogP contribution in [0.4, 0.5) is 0 Å². The van der Waals surface area contributed by atoms with E-state index in [0.717, 1.165) is 17.7 Å². The van der Waals surface area contributed by atoms with E-state index in [1.165, 1.54) is 76.8 Å². The second kappa shape index (κ2) is 13.0. The van der Waals surface area contributed by atoms with Crippen molar-refractivity contribution in [2.24, 2.45) is 4.99 Å². The van der Waals surface area contributed by atoms with Crippen LogP contribution < -0.4 is 0 Å².